The van der Waals surface area contributed by atoms with E-state index in [-0.39, 0.29) is 4.87 Å². The molecule has 0 saturated carbocycles. The number of hydrogen-bond donors (Lipinski definition) is 1. The lowest BCUT2D eigenvalue weighted by Gasteiger charge is -2.35. The number of likely N-dealkylation sites (tertiary alicyclic amines) is 1. The average Bonchev–Trinajstić information content (AvgIpc) is 2.89. The largest absolute Gasteiger partial charge is 0.311 e. The Morgan fingerprint density at radius 1 is 1.41 bits per heavy atom. The second kappa shape index (κ2) is 6.73. The molecule has 6 heteroatoms. The lowest BCUT2D eigenvalue weighted by Crippen LogP contribution is -2.41. The molecule has 1 aliphatic heterocycles. The molecule has 5 nitrogen and oxygen atoms in total. The van der Waals surface area contributed by atoms with Gasteiger partial charge in [-0.25, -0.2) is 0 Å². The highest BCUT2D eigenvalue weighted by molar-refractivity contribution is 7.09. The molecule has 0 atom stereocenters. The first-order valence-electron chi connectivity index (χ1n) is 7.65. The molecule has 0 amide bonds. The zero-order valence-corrected chi connectivity index (χ0v) is 13.9. The number of aromatic amines is 1. The summed E-state index contributed by atoms with van der Waals surface area (Å²) in [5, 5.41) is 0. The van der Waals surface area contributed by atoms with Crippen LogP contribution in [0.15, 0.2) is 29.2 Å². The Kier molecular flexibility index (Phi) is 4.71. The number of nitrogens with zero attached hydrogens (tertiary/aromatic N) is 3. The van der Waals surface area contributed by atoms with Gasteiger partial charge in [-0.3, -0.25) is 14.7 Å². The molecule has 1 saturated heterocycles. The zero-order valence-electron chi connectivity index (χ0n) is 13.1. The van der Waals surface area contributed by atoms with E-state index in [0.29, 0.717) is 6.04 Å². The molecular weight excluding hydrogens is 296 g/mol. The second-order valence-corrected chi connectivity index (χ2v) is 7.04. The molecule has 118 valence electrons. The Balaban J connectivity index is 1.77. The van der Waals surface area contributed by atoms with E-state index in [0.717, 1.165) is 35.9 Å². The van der Waals surface area contributed by atoms with E-state index in [2.05, 4.69) is 33.9 Å². The molecule has 22 heavy (non-hydrogen) atoms. The first-order valence-corrected chi connectivity index (χ1v) is 8.47. The van der Waals surface area contributed by atoms with Crippen LogP contribution in [-0.4, -0.2) is 53.0 Å². The van der Waals surface area contributed by atoms with Gasteiger partial charge in [0.05, 0.1) is 11.4 Å². The van der Waals surface area contributed by atoms with Gasteiger partial charge in [0.2, 0.25) is 0 Å². The van der Waals surface area contributed by atoms with E-state index in [9.17, 15) is 4.79 Å². The molecule has 1 aliphatic rings. The summed E-state index contributed by atoms with van der Waals surface area (Å²) in [5.41, 5.74) is 1.71. The van der Waals surface area contributed by atoms with Crippen molar-refractivity contribution in [3.05, 3.63) is 38.9 Å². The maximum atomic E-state index is 11.8. The third-order valence-corrected chi connectivity index (χ3v) is 5.21. The molecule has 3 rings (SSSR count). The Morgan fingerprint density at radius 2 is 2.18 bits per heavy atom. The molecule has 2 aromatic heterocycles. The van der Waals surface area contributed by atoms with E-state index in [1.54, 1.807) is 6.20 Å². The van der Waals surface area contributed by atoms with Gasteiger partial charge in [0.15, 0.2) is 0 Å². The summed E-state index contributed by atoms with van der Waals surface area (Å²) in [6.45, 7) is 3.08. The number of H-pyrrole nitrogens is 1. The zero-order chi connectivity index (χ0) is 15.5. The third-order valence-electron chi connectivity index (χ3n) is 4.35. The van der Waals surface area contributed by atoms with Crippen molar-refractivity contribution in [3.63, 3.8) is 0 Å². The fourth-order valence-electron chi connectivity index (χ4n) is 2.98. The number of pyridine rings is 1. The van der Waals surface area contributed by atoms with Gasteiger partial charge in [-0.15, -0.1) is 0 Å². The van der Waals surface area contributed by atoms with Crippen molar-refractivity contribution < 1.29 is 0 Å². The maximum absolute atomic E-state index is 11.8. The van der Waals surface area contributed by atoms with E-state index in [4.69, 9.17) is 0 Å². The van der Waals surface area contributed by atoms with E-state index >= 15 is 0 Å². The van der Waals surface area contributed by atoms with Crippen LogP contribution in [0.5, 0.6) is 0 Å². The van der Waals surface area contributed by atoms with Crippen LogP contribution in [0.1, 0.15) is 17.7 Å². The number of thiazole rings is 1. The first-order chi connectivity index (χ1) is 10.6. The molecule has 3 heterocycles. The predicted octanol–water partition coefficient (Wildman–Crippen LogP) is 2.02. The lowest BCUT2D eigenvalue weighted by molar-refractivity contribution is 0.140. The minimum Gasteiger partial charge on any atom is -0.311 e. The maximum Gasteiger partial charge on any atom is 0.305 e. The summed E-state index contributed by atoms with van der Waals surface area (Å²) < 4.78 is 0. The van der Waals surface area contributed by atoms with Crippen LogP contribution in [-0.2, 0) is 6.54 Å². The standard InChI is InChI=1S/C16H22N4OS/c1-19-9-6-12(7-10-19)20(2)11-14-15(18-16(21)22-14)13-5-3-4-8-17-13/h3-5,8,12H,6-7,9-11H2,1-2H3,(H,18,21). The van der Waals surface area contributed by atoms with Crippen molar-refractivity contribution in [1.82, 2.24) is 19.8 Å². The van der Waals surface area contributed by atoms with Crippen LogP contribution in [0.2, 0.25) is 0 Å². The van der Waals surface area contributed by atoms with Crippen molar-refractivity contribution in [2.75, 3.05) is 27.2 Å². The number of aromatic nitrogens is 2. The molecule has 0 aliphatic carbocycles. The average molecular weight is 318 g/mol. The summed E-state index contributed by atoms with van der Waals surface area (Å²) in [4.78, 5) is 24.9. The molecule has 0 radical (unpaired) electrons. The van der Waals surface area contributed by atoms with Gasteiger partial charge in [0.25, 0.3) is 0 Å². The lowest BCUT2D eigenvalue weighted by atomic mass is 10.0. The molecular formula is C16H22N4OS. The second-order valence-electron chi connectivity index (χ2n) is 5.98. The van der Waals surface area contributed by atoms with Crippen LogP contribution in [0.3, 0.4) is 0 Å². The van der Waals surface area contributed by atoms with Crippen molar-refractivity contribution in [2.24, 2.45) is 0 Å². The molecule has 1 fully saturated rings. The van der Waals surface area contributed by atoms with Crippen LogP contribution in [0.4, 0.5) is 0 Å². The highest BCUT2D eigenvalue weighted by Crippen LogP contribution is 2.24. The highest BCUT2D eigenvalue weighted by atomic mass is 32.1. The van der Waals surface area contributed by atoms with Gasteiger partial charge in [-0.1, -0.05) is 17.4 Å². The fourth-order valence-corrected chi connectivity index (χ4v) is 3.88. The summed E-state index contributed by atoms with van der Waals surface area (Å²) in [5.74, 6) is 0. The van der Waals surface area contributed by atoms with Crippen LogP contribution in [0.25, 0.3) is 11.4 Å². The summed E-state index contributed by atoms with van der Waals surface area (Å²) in [7, 11) is 4.33. The van der Waals surface area contributed by atoms with E-state index in [1.165, 1.54) is 24.2 Å². The SMILES string of the molecule is CN1CCC(N(C)Cc2sc(=O)[nH]c2-c2ccccn2)CC1. The number of rotatable bonds is 4. The van der Waals surface area contributed by atoms with Crippen LogP contribution >= 0.6 is 11.3 Å². The Hall–Kier alpha value is -1.50. The third kappa shape index (κ3) is 3.45. The minimum atomic E-state index is -0.00701. The first kappa shape index (κ1) is 15.4. The van der Waals surface area contributed by atoms with Gasteiger partial charge in [-0.2, -0.15) is 0 Å². The fraction of sp³-hybridized carbons (Fsp3) is 0.500. The quantitative estimate of drug-likeness (QED) is 0.937. The van der Waals surface area contributed by atoms with Crippen molar-refractivity contribution in [1.29, 1.82) is 0 Å². The topological polar surface area (TPSA) is 52.2 Å². The van der Waals surface area contributed by atoms with E-state index < -0.39 is 0 Å². The number of hydrogen-bond acceptors (Lipinski definition) is 5. The van der Waals surface area contributed by atoms with Crippen LogP contribution in [0, 0.1) is 0 Å². The van der Waals surface area contributed by atoms with Crippen molar-refractivity contribution in [3.8, 4) is 11.4 Å². The monoisotopic (exact) mass is 318 g/mol. The van der Waals surface area contributed by atoms with Crippen LogP contribution < -0.4 is 4.87 Å². The summed E-state index contributed by atoms with van der Waals surface area (Å²) in [6.07, 6.45) is 4.13. The van der Waals surface area contributed by atoms with Gasteiger partial charge in [0, 0.05) is 23.7 Å². The molecule has 0 aromatic carbocycles. The normalized spacial score (nSPS) is 17.2. The van der Waals surface area contributed by atoms with Crippen molar-refractivity contribution >= 4 is 11.3 Å². The predicted molar refractivity (Wildman–Crippen MR) is 90.2 cm³/mol. The molecule has 2 aromatic rings. The minimum absolute atomic E-state index is 0.00701. The smallest absolute Gasteiger partial charge is 0.305 e. The Morgan fingerprint density at radius 3 is 2.86 bits per heavy atom. The Labute approximate surface area is 134 Å². The molecule has 0 unspecified atom stereocenters. The molecule has 0 spiro atoms. The summed E-state index contributed by atoms with van der Waals surface area (Å²) in [6, 6.07) is 6.36. The Bertz CT molecular complexity index is 658. The number of nitrogens with one attached hydrogen (secondary N) is 1. The summed E-state index contributed by atoms with van der Waals surface area (Å²) >= 11 is 1.30. The van der Waals surface area contributed by atoms with Gasteiger partial charge >= 0.3 is 4.87 Å². The molecule has 0 bridgehead atoms. The van der Waals surface area contributed by atoms with Gasteiger partial charge in [0.1, 0.15) is 0 Å². The number of piperidine rings is 1. The molecule has 1 N–H and O–H groups in total. The van der Waals surface area contributed by atoms with Gasteiger partial charge in [-0.05, 0) is 52.2 Å². The highest BCUT2D eigenvalue weighted by Gasteiger charge is 2.22. The van der Waals surface area contributed by atoms with E-state index in [1.807, 2.05) is 18.2 Å². The van der Waals surface area contributed by atoms with Crippen molar-refractivity contribution in [2.45, 2.75) is 25.4 Å². The van der Waals surface area contributed by atoms with Gasteiger partial charge < -0.3 is 9.88 Å².